The number of nitrogens with zero attached hydrogens (tertiary/aromatic N) is 2. The number of halogens is 1. The van der Waals surface area contributed by atoms with Crippen LogP contribution in [0.25, 0.3) is 6.08 Å². The van der Waals surface area contributed by atoms with Gasteiger partial charge in [-0.25, -0.2) is 9.79 Å². The van der Waals surface area contributed by atoms with Crippen LogP contribution in [0.5, 0.6) is 17.2 Å². The van der Waals surface area contributed by atoms with Crippen molar-refractivity contribution in [3.8, 4) is 17.2 Å². The standard InChI is InChI=1S/C32H29ClN2O6S/c1-5-40-31(37)27-19(2)34-32-35(28(27)22-11-13-23(38-3)14-12-22)30(36)26(42-32)17-21-15-24(33)29(25(16-21)39-4)41-18-20-9-7-6-8-10-20/h6-17,28H,5,18H2,1-4H3/b26-17-/t28-/m0/s1. The van der Waals surface area contributed by atoms with Gasteiger partial charge in [-0.05, 0) is 60.9 Å². The Morgan fingerprint density at radius 3 is 2.48 bits per heavy atom. The number of hydrogen-bond donors (Lipinski definition) is 0. The van der Waals surface area contributed by atoms with E-state index in [0.717, 1.165) is 11.1 Å². The number of fused-ring (bicyclic) bond motifs is 1. The van der Waals surface area contributed by atoms with Crippen LogP contribution in [0.2, 0.25) is 5.02 Å². The third-order valence-corrected chi connectivity index (χ3v) is 7.99. The van der Waals surface area contributed by atoms with Gasteiger partial charge in [-0.3, -0.25) is 9.36 Å². The minimum Gasteiger partial charge on any atom is -0.497 e. The number of carbonyl (C=O) groups excluding carboxylic acids is 1. The van der Waals surface area contributed by atoms with Crippen molar-refractivity contribution in [2.75, 3.05) is 20.8 Å². The quantitative estimate of drug-likeness (QED) is 0.249. The Kier molecular flexibility index (Phi) is 8.80. The second-order valence-electron chi connectivity index (χ2n) is 9.38. The second-order valence-corrected chi connectivity index (χ2v) is 10.8. The molecule has 1 aliphatic heterocycles. The molecule has 0 fully saturated rings. The highest BCUT2D eigenvalue weighted by molar-refractivity contribution is 7.07. The molecule has 0 saturated heterocycles. The topological polar surface area (TPSA) is 88.4 Å². The fourth-order valence-corrected chi connectivity index (χ4v) is 6.06. The van der Waals surface area contributed by atoms with Gasteiger partial charge in [-0.1, -0.05) is 65.4 Å². The van der Waals surface area contributed by atoms with Gasteiger partial charge in [0.15, 0.2) is 16.3 Å². The lowest BCUT2D eigenvalue weighted by atomic mass is 9.96. The maximum absolute atomic E-state index is 13.9. The molecule has 42 heavy (non-hydrogen) atoms. The number of ether oxygens (including phenoxy) is 4. The fraction of sp³-hybridized carbons (Fsp3) is 0.219. The van der Waals surface area contributed by atoms with Crippen molar-refractivity contribution < 1.29 is 23.7 Å². The molecule has 5 rings (SSSR count). The van der Waals surface area contributed by atoms with E-state index in [1.807, 2.05) is 42.5 Å². The summed E-state index contributed by atoms with van der Waals surface area (Å²) in [5, 5.41) is 0.348. The van der Waals surface area contributed by atoms with Crippen molar-refractivity contribution >= 4 is 35.0 Å². The summed E-state index contributed by atoms with van der Waals surface area (Å²) in [6.07, 6.45) is 1.73. The SMILES string of the molecule is CCOC(=O)C1=C(C)N=c2s/c(=C\c3cc(Cl)c(OCc4ccccc4)c(OC)c3)c(=O)n2[C@H]1c1ccc(OC)cc1. The molecule has 3 aromatic carbocycles. The Hall–Kier alpha value is -4.34. The zero-order valence-corrected chi connectivity index (χ0v) is 25.1. The first kappa shape index (κ1) is 29.2. The summed E-state index contributed by atoms with van der Waals surface area (Å²) in [4.78, 5) is 32.1. The number of carbonyl (C=O) groups is 1. The van der Waals surface area contributed by atoms with Gasteiger partial charge in [0.25, 0.3) is 5.56 Å². The lowest BCUT2D eigenvalue weighted by Crippen LogP contribution is -2.39. The van der Waals surface area contributed by atoms with Crippen molar-refractivity contribution in [2.24, 2.45) is 4.99 Å². The van der Waals surface area contributed by atoms with E-state index in [2.05, 4.69) is 4.99 Å². The summed E-state index contributed by atoms with van der Waals surface area (Å²) < 4.78 is 24.2. The van der Waals surface area contributed by atoms with Crippen molar-refractivity contribution in [3.63, 3.8) is 0 Å². The van der Waals surface area contributed by atoms with Crippen LogP contribution in [-0.4, -0.2) is 31.4 Å². The van der Waals surface area contributed by atoms with Crippen LogP contribution in [0.3, 0.4) is 0 Å². The van der Waals surface area contributed by atoms with E-state index >= 15 is 0 Å². The van der Waals surface area contributed by atoms with E-state index in [-0.39, 0.29) is 12.2 Å². The van der Waals surface area contributed by atoms with E-state index in [4.69, 9.17) is 30.5 Å². The average molecular weight is 605 g/mol. The maximum atomic E-state index is 13.9. The molecule has 0 N–H and O–H groups in total. The molecule has 216 valence electrons. The minimum atomic E-state index is -0.722. The van der Waals surface area contributed by atoms with Crippen LogP contribution in [0.1, 0.15) is 36.6 Å². The molecule has 1 atom stereocenters. The van der Waals surface area contributed by atoms with Gasteiger partial charge in [-0.2, -0.15) is 0 Å². The first-order chi connectivity index (χ1) is 20.3. The van der Waals surface area contributed by atoms with Gasteiger partial charge in [0.05, 0.1) is 47.7 Å². The van der Waals surface area contributed by atoms with Crippen LogP contribution in [0, 0.1) is 0 Å². The molecule has 8 nitrogen and oxygen atoms in total. The number of hydrogen-bond acceptors (Lipinski definition) is 8. The van der Waals surface area contributed by atoms with Gasteiger partial charge in [-0.15, -0.1) is 0 Å². The highest BCUT2D eigenvalue weighted by Crippen LogP contribution is 2.37. The number of methoxy groups -OCH3 is 2. The molecule has 2 heterocycles. The fourth-order valence-electron chi connectivity index (χ4n) is 4.74. The van der Waals surface area contributed by atoms with Crippen molar-refractivity contribution in [1.82, 2.24) is 4.57 Å². The number of allylic oxidation sites excluding steroid dienone is 1. The van der Waals surface area contributed by atoms with Gasteiger partial charge >= 0.3 is 5.97 Å². The molecular formula is C32H29ClN2O6S. The number of benzene rings is 3. The Bertz CT molecular complexity index is 1830. The smallest absolute Gasteiger partial charge is 0.338 e. The molecule has 0 aliphatic carbocycles. The Morgan fingerprint density at radius 2 is 1.81 bits per heavy atom. The molecule has 0 saturated carbocycles. The summed E-state index contributed by atoms with van der Waals surface area (Å²) in [7, 11) is 3.11. The van der Waals surface area contributed by atoms with Crippen LogP contribution in [0.4, 0.5) is 0 Å². The van der Waals surface area contributed by atoms with Gasteiger partial charge in [0.1, 0.15) is 12.4 Å². The molecule has 1 aromatic heterocycles. The van der Waals surface area contributed by atoms with Crippen LogP contribution in [-0.2, 0) is 16.1 Å². The summed E-state index contributed by atoms with van der Waals surface area (Å²) >= 11 is 7.85. The average Bonchev–Trinajstić information content (AvgIpc) is 3.30. The summed E-state index contributed by atoms with van der Waals surface area (Å²) in [5.41, 5.74) is 2.87. The first-order valence-corrected chi connectivity index (χ1v) is 14.4. The van der Waals surface area contributed by atoms with Gasteiger partial charge < -0.3 is 18.9 Å². The molecular weight excluding hydrogens is 576 g/mol. The summed E-state index contributed by atoms with van der Waals surface area (Å²) in [6.45, 7) is 4.01. The van der Waals surface area contributed by atoms with Crippen molar-refractivity contribution in [1.29, 1.82) is 0 Å². The Labute approximate surface area is 251 Å². The van der Waals surface area contributed by atoms with E-state index < -0.39 is 12.0 Å². The molecule has 0 unspecified atom stereocenters. The monoisotopic (exact) mass is 604 g/mol. The molecule has 0 bridgehead atoms. The zero-order chi connectivity index (χ0) is 29.8. The van der Waals surface area contributed by atoms with Crippen LogP contribution < -0.4 is 29.1 Å². The maximum Gasteiger partial charge on any atom is 0.338 e. The third kappa shape index (κ3) is 5.84. The Morgan fingerprint density at radius 1 is 1.07 bits per heavy atom. The molecule has 0 radical (unpaired) electrons. The molecule has 1 aliphatic rings. The van der Waals surface area contributed by atoms with E-state index in [1.54, 1.807) is 51.3 Å². The second kappa shape index (κ2) is 12.7. The van der Waals surface area contributed by atoms with E-state index in [9.17, 15) is 9.59 Å². The third-order valence-electron chi connectivity index (χ3n) is 6.72. The van der Waals surface area contributed by atoms with E-state index in [0.29, 0.717) is 55.0 Å². The first-order valence-electron chi connectivity index (χ1n) is 13.2. The summed E-state index contributed by atoms with van der Waals surface area (Å²) in [6, 6.07) is 19.7. The predicted molar refractivity (Wildman–Crippen MR) is 162 cm³/mol. The van der Waals surface area contributed by atoms with Crippen LogP contribution in [0.15, 0.2) is 87.8 Å². The minimum absolute atomic E-state index is 0.197. The van der Waals surface area contributed by atoms with Crippen molar-refractivity contribution in [2.45, 2.75) is 26.5 Å². The largest absolute Gasteiger partial charge is 0.497 e. The molecule has 0 spiro atoms. The lowest BCUT2D eigenvalue weighted by Gasteiger charge is -2.24. The lowest BCUT2D eigenvalue weighted by molar-refractivity contribution is -0.139. The Balaban J connectivity index is 1.58. The number of rotatable bonds is 9. The predicted octanol–water partition coefficient (Wildman–Crippen LogP) is 5.05. The highest BCUT2D eigenvalue weighted by Gasteiger charge is 2.33. The number of aromatic nitrogens is 1. The molecule has 10 heteroatoms. The number of esters is 1. The van der Waals surface area contributed by atoms with Crippen LogP contribution >= 0.6 is 22.9 Å². The van der Waals surface area contributed by atoms with Gasteiger partial charge in [0, 0.05) is 0 Å². The van der Waals surface area contributed by atoms with E-state index in [1.165, 1.54) is 23.0 Å². The molecule has 0 amide bonds. The normalized spacial score (nSPS) is 14.7. The zero-order valence-electron chi connectivity index (χ0n) is 23.5. The number of thiazole rings is 1. The summed E-state index contributed by atoms with van der Waals surface area (Å²) in [5.74, 6) is 0.993. The molecule has 4 aromatic rings. The highest BCUT2D eigenvalue weighted by atomic mass is 35.5. The van der Waals surface area contributed by atoms with Gasteiger partial charge in [0.2, 0.25) is 0 Å². The van der Waals surface area contributed by atoms with Crippen molar-refractivity contribution in [3.05, 3.63) is 119 Å².